The van der Waals surface area contributed by atoms with Crippen molar-refractivity contribution in [1.29, 1.82) is 0 Å². The summed E-state index contributed by atoms with van der Waals surface area (Å²) in [5.74, 6) is -2.45. The zero-order valence-electron chi connectivity index (χ0n) is 9.71. The number of hydrogen-bond acceptors (Lipinski definition) is 7. The van der Waals surface area contributed by atoms with E-state index in [-0.39, 0.29) is 17.9 Å². The minimum absolute atomic E-state index is 0.0831. The van der Waals surface area contributed by atoms with Gasteiger partial charge in [-0.25, -0.2) is 14.3 Å². The third kappa shape index (κ3) is 1.99. The van der Waals surface area contributed by atoms with Gasteiger partial charge in [-0.2, -0.15) is 4.98 Å². The van der Waals surface area contributed by atoms with E-state index >= 15 is 0 Å². The Labute approximate surface area is 101 Å². The molecule has 0 aliphatic rings. The van der Waals surface area contributed by atoms with E-state index in [0.717, 1.165) is 4.52 Å². The van der Waals surface area contributed by atoms with Crippen LogP contribution >= 0.6 is 0 Å². The van der Waals surface area contributed by atoms with E-state index in [9.17, 15) is 14.7 Å². The lowest BCUT2D eigenvalue weighted by Gasteiger charge is -2.04. The number of carbonyl (C=O) groups excluding carboxylic acids is 2. The highest BCUT2D eigenvalue weighted by Gasteiger charge is 2.15. The van der Waals surface area contributed by atoms with Crippen LogP contribution in [0.4, 0.5) is 0 Å². The van der Waals surface area contributed by atoms with Gasteiger partial charge in [0.05, 0.1) is 17.9 Å². The van der Waals surface area contributed by atoms with E-state index in [4.69, 9.17) is 4.74 Å². The Bertz CT molecular complexity index is 634. The summed E-state index contributed by atoms with van der Waals surface area (Å²) in [6.45, 7) is 3.51. The van der Waals surface area contributed by atoms with Gasteiger partial charge in [0.2, 0.25) is 0 Å². The number of aromatic carboxylic acids is 1. The summed E-state index contributed by atoms with van der Waals surface area (Å²) in [5, 5.41) is 14.2. The number of hydrogen-bond donors (Lipinski definition) is 0. The Balaban J connectivity index is 2.53. The summed E-state index contributed by atoms with van der Waals surface area (Å²) < 4.78 is 5.94. The molecule has 8 heteroatoms. The summed E-state index contributed by atoms with van der Waals surface area (Å²) in [6, 6.07) is 0. The van der Waals surface area contributed by atoms with Crippen LogP contribution in [-0.2, 0) is 4.74 Å². The molecule has 18 heavy (non-hydrogen) atoms. The maximum atomic E-state index is 11.6. The second kappa shape index (κ2) is 4.40. The fourth-order valence-corrected chi connectivity index (χ4v) is 1.40. The second-order valence-electron chi connectivity index (χ2n) is 3.43. The normalized spacial score (nSPS) is 10.6. The topological polar surface area (TPSA) is 110 Å². The Morgan fingerprint density at radius 3 is 2.78 bits per heavy atom. The fraction of sp³-hybridized carbons (Fsp3) is 0.300. The summed E-state index contributed by atoms with van der Waals surface area (Å²) in [7, 11) is 0. The third-order valence-corrected chi connectivity index (χ3v) is 2.20. The highest BCUT2D eigenvalue weighted by Crippen LogP contribution is 2.08. The van der Waals surface area contributed by atoms with Gasteiger partial charge in [-0.05, 0) is 13.8 Å². The zero-order valence-corrected chi connectivity index (χ0v) is 9.71. The number of carboxylic acids is 1. The van der Waals surface area contributed by atoms with Crippen LogP contribution in [0.5, 0.6) is 0 Å². The maximum absolute atomic E-state index is 11.6. The van der Waals surface area contributed by atoms with E-state index in [0.29, 0.717) is 5.69 Å². The minimum Gasteiger partial charge on any atom is -0.541 e. The van der Waals surface area contributed by atoms with Crippen molar-refractivity contribution < 1.29 is 19.4 Å². The highest BCUT2D eigenvalue weighted by molar-refractivity contribution is 5.90. The lowest BCUT2D eigenvalue weighted by molar-refractivity contribution is -0.256. The first-order valence-corrected chi connectivity index (χ1v) is 5.15. The molecule has 0 spiro atoms. The molecule has 0 aliphatic carbocycles. The van der Waals surface area contributed by atoms with Gasteiger partial charge in [-0.1, -0.05) is 0 Å². The Kier molecular flexibility index (Phi) is 2.92. The SMILES string of the molecule is CCOC(=O)c1cn2nc(C(=O)[O-])nc2nc1C. The van der Waals surface area contributed by atoms with Gasteiger partial charge in [0.25, 0.3) is 5.78 Å². The van der Waals surface area contributed by atoms with Crippen LogP contribution in [0.3, 0.4) is 0 Å². The molecule has 0 fully saturated rings. The average molecular weight is 249 g/mol. The first kappa shape index (κ1) is 12.0. The lowest BCUT2D eigenvalue weighted by atomic mass is 10.2. The van der Waals surface area contributed by atoms with Gasteiger partial charge in [-0.15, -0.1) is 5.10 Å². The van der Waals surface area contributed by atoms with E-state index < -0.39 is 17.8 Å². The molecular formula is C10H9N4O4-. The monoisotopic (exact) mass is 249 g/mol. The molecular weight excluding hydrogens is 240 g/mol. The Morgan fingerprint density at radius 1 is 1.44 bits per heavy atom. The van der Waals surface area contributed by atoms with E-state index in [1.165, 1.54) is 6.20 Å². The van der Waals surface area contributed by atoms with E-state index in [2.05, 4.69) is 15.1 Å². The smallest absolute Gasteiger partial charge is 0.341 e. The molecule has 0 atom stereocenters. The summed E-state index contributed by atoms with van der Waals surface area (Å²) in [4.78, 5) is 29.8. The molecule has 0 aliphatic heterocycles. The first-order chi connectivity index (χ1) is 8.52. The molecule has 2 aromatic rings. The van der Waals surface area contributed by atoms with Crippen LogP contribution in [0.1, 0.15) is 33.6 Å². The van der Waals surface area contributed by atoms with Crippen LogP contribution in [0.25, 0.3) is 5.78 Å². The number of carboxylic acid groups (broad SMARTS) is 1. The Morgan fingerprint density at radius 2 is 2.17 bits per heavy atom. The predicted octanol–water partition coefficient (Wildman–Crippen LogP) is -1.03. The maximum Gasteiger partial charge on any atom is 0.341 e. The largest absolute Gasteiger partial charge is 0.541 e. The number of aromatic nitrogens is 4. The number of aryl methyl sites for hydroxylation is 1. The number of carbonyl (C=O) groups is 2. The van der Waals surface area contributed by atoms with Crippen molar-refractivity contribution in [3.63, 3.8) is 0 Å². The predicted molar refractivity (Wildman–Crippen MR) is 55.8 cm³/mol. The molecule has 8 nitrogen and oxygen atoms in total. The number of fused-ring (bicyclic) bond motifs is 1. The molecule has 0 N–H and O–H groups in total. The van der Waals surface area contributed by atoms with Gasteiger partial charge in [0, 0.05) is 6.20 Å². The molecule has 0 amide bonds. The summed E-state index contributed by atoms with van der Waals surface area (Å²) in [6.07, 6.45) is 1.33. The molecule has 0 saturated heterocycles. The number of rotatable bonds is 3. The van der Waals surface area contributed by atoms with Crippen LogP contribution in [0.2, 0.25) is 0 Å². The number of esters is 1. The van der Waals surface area contributed by atoms with Gasteiger partial charge < -0.3 is 14.6 Å². The summed E-state index contributed by atoms with van der Waals surface area (Å²) >= 11 is 0. The fourth-order valence-electron chi connectivity index (χ4n) is 1.40. The zero-order chi connectivity index (χ0) is 13.3. The van der Waals surface area contributed by atoms with Gasteiger partial charge in [0.1, 0.15) is 5.97 Å². The van der Waals surface area contributed by atoms with Crippen molar-refractivity contribution in [3.8, 4) is 0 Å². The molecule has 0 radical (unpaired) electrons. The van der Waals surface area contributed by atoms with Crippen LogP contribution in [-0.4, -0.2) is 38.1 Å². The lowest BCUT2D eigenvalue weighted by Crippen LogP contribution is -2.23. The first-order valence-electron chi connectivity index (χ1n) is 5.15. The van der Waals surface area contributed by atoms with Crippen molar-refractivity contribution >= 4 is 17.7 Å². The van der Waals surface area contributed by atoms with Gasteiger partial charge >= 0.3 is 5.97 Å². The van der Waals surface area contributed by atoms with Crippen molar-refractivity contribution in [2.24, 2.45) is 0 Å². The molecule has 2 heterocycles. The molecule has 0 saturated carbocycles. The van der Waals surface area contributed by atoms with Crippen LogP contribution < -0.4 is 5.11 Å². The van der Waals surface area contributed by atoms with Crippen molar-refractivity contribution in [3.05, 3.63) is 23.3 Å². The minimum atomic E-state index is -1.50. The van der Waals surface area contributed by atoms with Crippen LogP contribution in [0.15, 0.2) is 6.20 Å². The molecule has 94 valence electrons. The van der Waals surface area contributed by atoms with Gasteiger partial charge in [-0.3, -0.25) is 0 Å². The molecule has 0 bridgehead atoms. The van der Waals surface area contributed by atoms with Crippen molar-refractivity contribution in [2.45, 2.75) is 13.8 Å². The standard InChI is InChI=1S/C10H10N4O4/c1-3-18-9(17)6-4-14-10(11-5(6)2)12-7(13-14)8(15)16/h4H,3H2,1-2H3,(H,15,16)/p-1. The number of ether oxygens (including phenoxy) is 1. The van der Waals surface area contributed by atoms with E-state index in [1.54, 1.807) is 13.8 Å². The highest BCUT2D eigenvalue weighted by atomic mass is 16.5. The number of nitrogens with zero attached hydrogens (tertiary/aromatic N) is 4. The quantitative estimate of drug-likeness (QED) is 0.640. The molecule has 2 aromatic heterocycles. The van der Waals surface area contributed by atoms with Crippen molar-refractivity contribution in [1.82, 2.24) is 19.6 Å². The van der Waals surface area contributed by atoms with Crippen molar-refractivity contribution in [2.75, 3.05) is 6.61 Å². The molecule has 0 unspecified atom stereocenters. The molecule has 2 rings (SSSR count). The molecule has 0 aromatic carbocycles. The van der Waals surface area contributed by atoms with E-state index in [1.807, 2.05) is 0 Å². The van der Waals surface area contributed by atoms with Gasteiger partial charge in [0.15, 0.2) is 5.82 Å². The average Bonchev–Trinajstić information content (AvgIpc) is 2.71. The third-order valence-electron chi connectivity index (χ3n) is 2.20. The second-order valence-corrected chi connectivity index (χ2v) is 3.43. The summed E-state index contributed by atoms with van der Waals surface area (Å²) in [5.41, 5.74) is 0.595. The van der Waals surface area contributed by atoms with Crippen LogP contribution in [0, 0.1) is 6.92 Å². The Hall–Kier alpha value is -2.51.